The Morgan fingerprint density at radius 1 is 1.14 bits per heavy atom. The Bertz CT molecular complexity index is 1190. The van der Waals surface area contributed by atoms with Crippen molar-refractivity contribution in [2.45, 2.75) is 0 Å². The third-order valence-electron chi connectivity index (χ3n) is 5.18. The van der Waals surface area contributed by atoms with Crippen LogP contribution in [0.4, 0.5) is 5.69 Å². The van der Waals surface area contributed by atoms with Crippen molar-refractivity contribution in [2.24, 2.45) is 5.73 Å². The number of amides is 1. The van der Waals surface area contributed by atoms with Crippen LogP contribution >= 0.6 is 0 Å². The highest BCUT2D eigenvalue weighted by atomic mass is 16.5. The van der Waals surface area contributed by atoms with Crippen LogP contribution in [0.2, 0.25) is 0 Å². The molecule has 0 radical (unpaired) electrons. The summed E-state index contributed by atoms with van der Waals surface area (Å²) in [7, 11) is 0. The molecule has 3 heterocycles. The Kier molecular flexibility index (Phi) is 4.25. The fraction of sp³-hybridized carbons (Fsp3) is 0.190. The van der Waals surface area contributed by atoms with Gasteiger partial charge in [0.15, 0.2) is 5.82 Å². The Morgan fingerprint density at radius 3 is 2.83 bits per heavy atom. The smallest absolute Gasteiger partial charge is 0.248 e. The highest BCUT2D eigenvalue weighted by Gasteiger charge is 2.15. The van der Waals surface area contributed by atoms with E-state index in [0.29, 0.717) is 17.1 Å². The number of fused-ring (bicyclic) bond motifs is 1. The number of aromatic nitrogens is 4. The Hall–Kier alpha value is -3.65. The largest absolute Gasteiger partial charge is 0.378 e. The van der Waals surface area contributed by atoms with Gasteiger partial charge in [0.1, 0.15) is 5.69 Å². The topological polar surface area (TPSA) is 113 Å². The fourth-order valence-corrected chi connectivity index (χ4v) is 3.63. The lowest BCUT2D eigenvalue weighted by molar-refractivity contribution is 0.100. The quantitative estimate of drug-likeness (QED) is 0.497. The minimum Gasteiger partial charge on any atom is -0.378 e. The summed E-state index contributed by atoms with van der Waals surface area (Å²) in [5, 5.41) is 8.14. The van der Waals surface area contributed by atoms with Crippen LogP contribution in [0.15, 0.2) is 48.7 Å². The van der Waals surface area contributed by atoms with E-state index in [2.05, 4.69) is 43.3 Å². The van der Waals surface area contributed by atoms with Gasteiger partial charge in [0.25, 0.3) is 0 Å². The SMILES string of the molecule is NC(=O)c1ccc2[nH]nc(-c3ncc(-c4cccc(N5CCOCC5)c4)[nH]3)c2c1. The Morgan fingerprint density at radius 2 is 2.00 bits per heavy atom. The molecule has 5 rings (SSSR count). The first kappa shape index (κ1) is 17.4. The van der Waals surface area contributed by atoms with Crippen LogP contribution in [0.1, 0.15) is 10.4 Å². The number of nitrogens with two attached hydrogens (primary N) is 1. The van der Waals surface area contributed by atoms with Crippen LogP contribution in [0, 0.1) is 0 Å². The lowest BCUT2D eigenvalue weighted by Crippen LogP contribution is -2.36. The van der Waals surface area contributed by atoms with Crippen LogP contribution in [0.25, 0.3) is 33.7 Å². The summed E-state index contributed by atoms with van der Waals surface area (Å²) < 4.78 is 5.44. The number of H-pyrrole nitrogens is 2. The summed E-state index contributed by atoms with van der Waals surface area (Å²) in [4.78, 5) is 21.7. The standard InChI is InChI=1S/C21H20N6O2/c22-20(28)14-4-5-17-16(11-14)19(26-25-17)21-23-12-18(24-21)13-2-1-3-15(10-13)27-6-8-29-9-7-27/h1-5,10-12H,6-9H2,(H2,22,28)(H,23,24)(H,25,26). The first-order valence-corrected chi connectivity index (χ1v) is 9.45. The van der Waals surface area contributed by atoms with Gasteiger partial charge in [-0.05, 0) is 30.3 Å². The maximum atomic E-state index is 11.5. The molecule has 4 N–H and O–H groups in total. The van der Waals surface area contributed by atoms with Crippen molar-refractivity contribution in [3.8, 4) is 22.8 Å². The van der Waals surface area contributed by atoms with Gasteiger partial charge in [-0.15, -0.1) is 0 Å². The van der Waals surface area contributed by atoms with Crippen LogP contribution in [-0.4, -0.2) is 52.4 Å². The highest BCUT2D eigenvalue weighted by Crippen LogP contribution is 2.29. The number of aromatic amines is 2. The van der Waals surface area contributed by atoms with Gasteiger partial charge in [0.05, 0.1) is 30.6 Å². The van der Waals surface area contributed by atoms with Crippen LogP contribution in [0.3, 0.4) is 0 Å². The number of carbonyl (C=O) groups excluding carboxylic acids is 1. The summed E-state index contributed by atoms with van der Waals surface area (Å²) >= 11 is 0. The summed E-state index contributed by atoms with van der Waals surface area (Å²) in [6, 6.07) is 13.6. The molecule has 4 aromatic rings. The average molecular weight is 388 g/mol. The van der Waals surface area contributed by atoms with E-state index in [1.165, 1.54) is 5.69 Å². The van der Waals surface area contributed by atoms with Gasteiger partial charge in [-0.2, -0.15) is 5.10 Å². The maximum absolute atomic E-state index is 11.5. The van der Waals surface area contributed by atoms with Crippen molar-refractivity contribution in [3.05, 3.63) is 54.2 Å². The molecule has 1 aliphatic heterocycles. The Balaban J connectivity index is 1.49. The first-order valence-electron chi connectivity index (χ1n) is 9.45. The number of carbonyl (C=O) groups is 1. The molecule has 2 aromatic heterocycles. The molecule has 146 valence electrons. The lowest BCUT2D eigenvalue weighted by Gasteiger charge is -2.29. The number of benzene rings is 2. The number of nitrogens with zero attached hydrogens (tertiary/aromatic N) is 3. The molecular formula is C21H20N6O2. The van der Waals surface area contributed by atoms with Crippen LogP contribution in [-0.2, 0) is 4.74 Å². The van der Waals surface area contributed by atoms with E-state index in [9.17, 15) is 4.79 Å². The molecule has 1 amide bonds. The third-order valence-corrected chi connectivity index (χ3v) is 5.18. The van der Waals surface area contributed by atoms with Crippen molar-refractivity contribution in [1.82, 2.24) is 20.2 Å². The summed E-state index contributed by atoms with van der Waals surface area (Å²) in [6.45, 7) is 3.27. The number of rotatable bonds is 4. The second kappa shape index (κ2) is 7.06. The number of nitrogens with one attached hydrogen (secondary N) is 2. The number of imidazole rings is 1. The normalized spacial score (nSPS) is 14.4. The summed E-state index contributed by atoms with van der Waals surface area (Å²) in [5.41, 5.74) is 10.4. The number of ether oxygens (including phenoxy) is 1. The van der Waals surface area contributed by atoms with E-state index in [1.807, 2.05) is 6.07 Å². The fourth-order valence-electron chi connectivity index (χ4n) is 3.63. The van der Waals surface area contributed by atoms with Crippen molar-refractivity contribution < 1.29 is 9.53 Å². The molecule has 0 saturated carbocycles. The zero-order valence-electron chi connectivity index (χ0n) is 15.7. The van der Waals surface area contributed by atoms with E-state index < -0.39 is 5.91 Å². The number of anilines is 1. The summed E-state index contributed by atoms with van der Waals surface area (Å²) in [5.74, 6) is 0.156. The van der Waals surface area contributed by atoms with Crippen molar-refractivity contribution in [2.75, 3.05) is 31.2 Å². The monoisotopic (exact) mass is 388 g/mol. The minimum atomic E-state index is -0.473. The molecular weight excluding hydrogens is 368 g/mol. The van der Waals surface area contributed by atoms with E-state index in [0.717, 1.165) is 48.5 Å². The van der Waals surface area contributed by atoms with Crippen LogP contribution in [0.5, 0.6) is 0 Å². The molecule has 0 unspecified atom stereocenters. The molecule has 1 saturated heterocycles. The predicted octanol–water partition coefficient (Wildman–Crippen LogP) is 2.56. The van der Waals surface area contributed by atoms with Gasteiger partial charge >= 0.3 is 0 Å². The zero-order chi connectivity index (χ0) is 19.8. The van der Waals surface area contributed by atoms with Crippen molar-refractivity contribution in [1.29, 1.82) is 0 Å². The molecule has 8 heteroatoms. The van der Waals surface area contributed by atoms with Gasteiger partial charge in [-0.1, -0.05) is 12.1 Å². The number of hydrogen-bond donors (Lipinski definition) is 3. The molecule has 1 aliphatic rings. The second-order valence-electron chi connectivity index (χ2n) is 6.99. The highest BCUT2D eigenvalue weighted by molar-refractivity contribution is 6.00. The van der Waals surface area contributed by atoms with E-state index >= 15 is 0 Å². The van der Waals surface area contributed by atoms with Crippen molar-refractivity contribution >= 4 is 22.5 Å². The molecule has 0 spiro atoms. The zero-order valence-corrected chi connectivity index (χ0v) is 15.7. The molecule has 0 bridgehead atoms. The van der Waals surface area contributed by atoms with Gasteiger partial charge in [-0.25, -0.2) is 4.98 Å². The average Bonchev–Trinajstić information content (AvgIpc) is 3.41. The van der Waals surface area contributed by atoms with Gasteiger partial charge in [-0.3, -0.25) is 9.89 Å². The second-order valence-corrected chi connectivity index (χ2v) is 6.99. The van der Waals surface area contributed by atoms with E-state index in [4.69, 9.17) is 10.5 Å². The van der Waals surface area contributed by atoms with Gasteiger partial charge < -0.3 is 20.4 Å². The molecule has 2 aromatic carbocycles. The van der Waals surface area contributed by atoms with Crippen LogP contribution < -0.4 is 10.6 Å². The molecule has 8 nitrogen and oxygen atoms in total. The maximum Gasteiger partial charge on any atom is 0.248 e. The first-order chi connectivity index (χ1) is 14.2. The summed E-state index contributed by atoms with van der Waals surface area (Å²) in [6.07, 6.45) is 1.80. The number of primary amides is 1. The molecule has 29 heavy (non-hydrogen) atoms. The lowest BCUT2D eigenvalue weighted by atomic mass is 10.1. The molecule has 0 atom stereocenters. The minimum absolute atomic E-state index is 0.435. The Labute approximate surface area is 166 Å². The number of morpholine rings is 1. The molecule has 1 fully saturated rings. The van der Waals surface area contributed by atoms with E-state index in [-0.39, 0.29) is 0 Å². The van der Waals surface area contributed by atoms with Crippen molar-refractivity contribution in [3.63, 3.8) is 0 Å². The predicted molar refractivity (Wildman–Crippen MR) is 111 cm³/mol. The van der Waals surface area contributed by atoms with E-state index in [1.54, 1.807) is 24.4 Å². The third kappa shape index (κ3) is 3.23. The number of hydrogen-bond acceptors (Lipinski definition) is 5. The van der Waals surface area contributed by atoms with Gasteiger partial charge in [0, 0.05) is 35.3 Å². The molecule has 0 aliphatic carbocycles. The van der Waals surface area contributed by atoms with Gasteiger partial charge in [0.2, 0.25) is 5.91 Å².